The first kappa shape index (κ1) is 18.5. The minimum atomic E-state index is -0.282. The van der Waals surface area contributed by atoms with Crippen molar-refractivity contribution in [1.82, 2.24) is 16.0 Å². The Morgan fingerprint density at radius 2 is 1.84 bits per heavy atom. The number of amides is 3. The molecule has 0 saturated heterocycles. The molecule has 0 radical (unpaired) electrons. The van der Waals surface area contributed by atoms with E-state index >= 15 is 0 Å². The zero-order valence-electron chi connectivity index (χ0n) is 14.2. The lowest BCUT2D eigenvalue weighted by molar-refractivity contribution is -0.126. The zero-order chi connectivity index (χ0) is 18.1. The summed E-state index contributed by atoms with van der Waals surface area (Å²) in [6.45, 7) is 0.183. The van der Waals surface area contributed by atoms with Gasteiger partial charge in [-0.2, -0.15) is 0 Å². The molecule has 1 aliphatic rings. The molecule has 1 aromatic rings. The summed E-state index contributed by atoms with van der Waals surface area (Å²) in [5.74, 6) is 0.0150. The number of hydrogen-bond donors (Lipinski definition) is 3. The van der Waals surface area contributed by atoms with Crippen molar-refractivity contribution in [2.75, 3.05) is 20.2 Å². The maximum atomic E-state index is 11.7. The molecular weight excluding hydrogens is 322 g/mol. The monoisotopic (exact) mass is 345 g/mol. The maximum Gasteiger partial charge on any atom is 0.244 e. The molecule has 0 heterocycles. The average molecular weight is 345 g/mol. The van der Waals surface area contributed by atoms with Crippen LogP contribution in [0, 0.1) is 0 Å². The van der Waals surface area contributed by atoms with Gasteiger partial charge in [-0.3, -0.25) is 14.4 Å². The molecule has 1 aromatic carbocycles. The summed E-state index contributed by atoms with van der Waals surface area (Å²) in [6, 6.07) is 7.56. The first-order chi connectivity index (χ1) is 12.1. The van der Waals surface area contributed by atoms with Crippen LogP contribution in [0.1, 0.15) is 24.8 Å². The van der Waals surface area contributed by atoms with Gasteiger partial charge in [-0.25, -0.2) is 0 Å². The lowest BCUT2D eigenvalue weighted by Gasteiger charge is -2.06. The molecule has 25 heavy (non-hydrogen) atoms. The fourth-order valence-corrected chi connectivity index (χ4v) is 2.02. The summed E-state index contributed by atoms with van der Waals surface area (Å²) in [6.07, 6.45) is 5.23. The molecule has 0 atom stereocenters. The van der Waals surface area contributed by atoms with Crippen LogP contribution in [-0.4, -0.2) is 44.0 Å². The maximum absolute atomic E-state index is 11.7. The number of benzene rings is 1. The second kappa shape index (κ2) is 9.46. The molecule has 7 nitrogen and oxygen atoms in total. The van der Waals surface area contributed by atoms with Crippen molar-refractivity contribution >= 4 is 23.8 Å². The van der Waals surface area contributed by atoms with Gasteiger partial charge in [-0.1, -0.05) is 12.1 Å². The summed E-state index contributed by atoms with van der Waals surface area (Å²) < 4.78 is 5.06. The number of carbonyl (C=O) groups excluding carboxylic acids is 3. The van der Waals surface area contributed by atoms with Crippen molar-refractivity contribution in [3.8, 4) is 5.75 Å². The minimum Gasteiger partial charge on any atom is -0.497 e. The van der Waals surface area contributed by atoms with Crippen LogP contribution in [0.25, 0.3) is 6.08 Å². The lowest BCUT2D eigenvalue weighted by Crippen LogP contribution is -2.38. The fourth-order valence-electron chi connectivity index (χ4n) is 2.02. The van der Waals surface area contributed by atoms with Crippen LogP contribution in [0.15, 0.2) is 30.3 Å². The van der Waals surface area contributed by atoms with Crippen molar-refractivity contribution in [2.24, 2.45) is 0 Å². The molecule has 0 aromatic heterocycles. The fraction of sp³-hybridized carbons (Fsp3) is 0.389. The number of methoxy groups -OCH3 is 1. The van der Waals surface area contributed by atoms with Gasteiger partial charge in [0, 0.05) is 25.1 Å². The van der Waals surface area contributed by atoms with Crippen LogP contribution >= 0.6 is 0 Å². The SMILES string of the molecule is COc1ccc(/C=C/C(=O)NCCC(=O)NCC(=O)NC2CC2)cc1. The van der Waals surface area contributed by atoms with Gasteiger partial charge in [0.2, 0.25) is 17.7 Å². The van der Waals surface area contributed by atoms with Gasteiger partial charge in [0.15, 0.2) is 0 Å². The second-order valence-electron chi connectivity index (χ2n) is 5.77. The average Bonchev–Trinajstić information content (AvgIpc) is 3.42. The highest BCUT2D eigenvalue weighted by atomic mass is 16.5. The molecule has 3 amide bonds. The molecule has 0 unspecified atom stereocenters. The molecule has 134 valence electrons. The van der Waals surface area contributed by atoms with E-state index in [1.165, 1.54) is 6.08 Å². The molecule has 3 N–H and O–H groups in total. The highest BCUT2D eigenvalue weighted by molar-refractivity contribution is 5.92. The predicted molar refractivity (Wildman–Crippen MR) is 93.8 cm³/mol. The summed E-state index contributed by atoms with van der Waals surface area (Å²) >= 11 is 0. The number of nitrogens with one attached hydrogen (secondary N) is 3. The van der Waals surface area contributed by atoms with Crippen molar-refractivity contribution < 1.29 is 19.1 Å². The van der Waals surface area contributed by atoms with Gasteiger partial charge in [0.25, 0.3) is 0 Å². The Bertz CT molecular complexity index is 636. The number of hydrogen-bond acceptors (Lipinski definition) is 4. The number of rotatable bonds is 9. The van der Waals surface area contributed by atoms with E-state index in [9.17, 15) is 14.4 Å². The molecule has 0 aliphatic heterocycles. The summed E-state index contributed by atoms with van der Waals surface area (Å²) in [7, 11) is 1.59. The Morgan fingerprint density at radius 3 is 2.48 bits per heavy atom. The predicted octanol–water partition coefficient (Wildman–Crippen LogP) is 0.610. The second-order valence-corrected chi connectivity index (χ2v) is 5.77. The van der Waals surface area contributed by atoms with Crippen LogP contribution in [0.4, 0.5) is 0 Å². The van der Waals surface area contributed by atoms with E-state index in [0.717, 1.165) is 24.2 Å². The smallest absolute Gasteiger partial charge is 0.244 e. The highest BCUT2D eigenvalue weighted by Crippen LogP contribution is 2.18. The van der Waals surface area contributed by atoms with E-state index < -0.39 is 0 Å². The van der Waals surface area contributed by atoms with Gasteiger partial charge in [0.05, 0.1) is 13.7 Å². The first-order valence-electron chi connectivity index (χ1n) is 8.23. The largest absolute Gasteiger partial charge is 0.497 e. The molecule has 0 spiro atoms. The normalized spacial score (nSPS) is 13.3. The van der Waals surface area contributed by atoms with Gasteiger partial charge in [-0.05, 0) is 36.6 Å². The van der Waals surface area contributed by atoms with E-state index in [2.05, 4.69) is 16.0 Å². The highest BCUT2D eigenvalue weighted by Gasteiger charge is 2.23. The molecule has 0 bridgehead atoms. The standard InChI is InChI=1S/C18H23N3O4/c1-25-15-7-2-13(3-8-15)4-9-16(22)19-11-10-17(23)20-12-18(24)21-14-5-6-14/h2-4,7-9,14H,5-6,10-12H2,1H3,(H,19,22)(H,20,23)(H,21,24)/b9-4+. The Kier molecular flexibility index (Phi) is 7.00. The van der Waals surface area contributed by atoms with Crippen LogP contribution < -0.4 is 20.7 Å². The number of ether oxygens (including phenoxy) is 1. The van der Waals surface area contributed by atoms with Gasteiger partial charge < -0.3 is 20.7 Å². The summed E-state index contributed by atoms with van der Waals surface area (Å²) in [5.41, 5.74) is 0.871. The zero-order valence-corrected chi connectivity index (χ0v) is 14.2. The third-order valence-electron chi connectivity index (χ3n) is 3.58. The van der Waals surface area contributed by atoms with Gasteiger partial charge in [-0.15, -0.1) is 0 Å². The molecule has 7 heteroatoms. The third-order valence-corrected chi connectivity index (χ3v) is 3.58. The van der Waals surface area contributed by atoms with E-state index in [1.54, 1.807) is 25.3 Å². The number of carbonyl (C=O) groups is 3. The Balaban J connectivity index is 1.59. The van der Waals surface area contributed by atoms with Crippen LogP contribution in [-0.2, 0) is 14.4 Å². The van der Waals surface area contributed by atoms with Crippen molar-refractivity contribution in [2.45, 2.75) is 25.3 Å². The van der Waals surface area contributed by atoms with E-state index in [4.69, 9.17) is 4.74 Å². The summed E-state index contributed by atoms with van der Waals surface area (Å²) in [5, 5.41) is 7.93. The van der Waals surface area contributed by atoms with Crippen LogP contribution in [0.2, 0.25) is 0 Å². The summed E-state index contributed by atoms with van der Waals surface area (Å²) in [4.78, 5) is 34.7. The Hall–Kier alpha value is -2.83. The van der Waals surface area contributed by atoms with Crippen LogP contribution in [0.5, 0.6) is 5.75 Å². The van der Waals surface area contributed by atoms with Crippen LogP contribution in [0.3, 0.4) is 0 Å². The van der Waals surface area contributed by atoms with E-state index in [-0.39, 0.29) is 43.3 Å². The van der Waals surface area contributed by atoms with Crippen molar-refractivity contribution in [3.05, 3.63) is 35.9 Å². The Labute approximate surface area is 146 Å². The molecule has 1 aliphatic carbocycles. The first-order valence-corrected chi connectivity index (χ1v) is 8.23. The van der Waals surface area contributed by atoms with Gasteiger partial charge in [0.1, 0.15) is 5.75 Å². The molecule has 2 rings (SSSR count). The minimum absolute atomic E-state index is 0.0271. The van der Waals surface area contributed by atoms with Gasteiger partial charge >= 0.3 is 0 Å². The Morgan fingerprint density at radius 1 is 1.12 bits per heavy atom. The molecule has 1 saturated carbocycles. The van der Waals surface area contributed by atoms with E-state index in [0.29, 0.717) is 0 Å². The van der Waals surface area contributed by atoms with Crippen molar-refractivity contribution in [3.63, 3.8) is 0 Å². The van der Waals surface area contributed by atoms with E-state index in [1.807, 2.05) is 12.1 Å². The molecular formula is C18H23N3O4. The lowest BCUT2D eigenvalue weighted by atomic mass is 10.2. The van der Waals surface area contributed by atoms with Crippen molar-refractivity contribution in [1.29, 1.82) is 0 Å². The quantitative estimate of drug-likeness (QED) is 0.571. The third kappa shape index (κ3) is 7.52. The molecule has 1 fully saturated rings. The topological polar surface area (TPSA) is 96.5 Å².